The van der Waals surface area contributed by atoms with Gasteiger partial charge >= 0.3 is 11.9 Å². The van der Waals surface area contributed by atoms with Gasteiger partial charge in [0.1, 0.15) is 17.1 Å². The smallest absolute Gasteiger partial charge is 0.328 e. The lowest BCUT2D eigenvalue weighted by Gasteiger charge is -2.32. The zero-order valence-corrected chi connectivity index (χ0v) is 15.3. The zero-order valence-electron chi connectivity index (χ0n) is 15.3. The normalized spacial score (nSPS) is 13.0. The molecule has 0 radical (unpaired) electrons. The highest BCUT2D eigenvalue weighted by molar-refractivity contribution is 6.02. The number of nitrogens with zero attached hydrogens (tertiary/aromatic N) is 1. The molecule has 0 heterocycles. The monoisotopic (exact) mass is 350 g/mol. The van der Waals surface area contributed by atoms with Crippen molar-refractivity contribution in [2.75, 3.05) is 0 Å². The van der Waals surface area contributed by atoms with Gasteiger partial charge in [0.15, 0.2) is 0 Å². The molecular formula is C18H26N2O5. The highest BCUT2D eigenvalue weighted by Crippen LogP contribution is 2.24. The molecule has 0 bridgehead atoms. The van der Waals surface area contributed by atoms with Crippen LogP contribution < -0.4 is 5.84 Å². The first-order valence-corrected chi connectivity index (χ1v) is 7.95. The number of esters is 1. The van der Waals surface area contributed by atoms with Gasteiger partial charge in [-0.2, -0.15) is 0 Å². The van der Waals surface area contributed by atoms with Crippen LogP contribution in [-0.4, -0.2) is 39.6 Å². The molecule has 3 N–H and O–H groups in total. The summed E-state index contributed by atoms with van der Waals surface area (Å²) in [5, 5.41) is 10.1. The molecule has 0 aliphatic rings. The van der Waals surface area contributed by atoms with E-state index in [0.717, 1.165) is 0 Å². The number of carboxylic acids is 1. The Kier molecular flexibility index (Phi) is 6.31. The molecule has 0 aromatic heterocycles. The summed E-state index contributed by atoms with van der Waals surface area (Å²) in [5.41, 5.74) is -1.66. The SMILES string of the molecule is CC(C)(C)OC(=O)C(C)(C)C(=O)N(N)C(Cc1ccccc1)C(=O)O. The first kappa shape index (κ1) is 20.6. The van der Waals surface area contributed by atoms with Gasteiger partial charge in [-0.3, -0.25) is 14.6 Å². The number of hydrogen-bond donors (Lipinski definition) is 2. The summed E-state index contributed by atoms with van der Waals surface area (Å²) in [6, 6.07) is 7.52. The van der Waals surface area contributed by atoms with E-state index < -0.39 is 34.9 Å². The van der Waals surface area contributed by atoms with E-state index in [1.54, 1.807) is 51.1 Å². The van der Waals surface area contributed by atoms with Gasteiger partial charge in [0.05, 0.1) is 0 Å². The zero-order chi connectivity index (χ0) is 19.4. The van der Waals surface area contributed by atoms with Crippen molar-refractivity contribution in [2.24, 2.45) is 11.3 Å². The van der Waals surface area contributed by atoms with Crippen LogP contribution >= 0.6 is 0 Å². The number of hydrogen-bond acceptors (Lipinski definition) is 5. The summed E-state index contributed by atoms with van der Waals surface area (Å²) in [5.74, 6) is 2.97. The van der Waals surface area contributed by atoms with Gasteiger partial charge in [-0.25, -0.2) is 10.6 Å². The molecule has 0 fully saturated rings. The fraction of sp³-hybridized carbons (Fsp3) is 0.500. The predicted molar refractivity (Wildman–Crippen MR) is 92.2 cm³/mol. The second-order valence-corrected chi connectivity index (χ2v) is 7.38. The van der Waals surface area contributed by atoms with E-state index in [1.165, 1.54) is 13.8 Å². The molecule has 0 aliphatic carbocycles. The molecule has 1 aromatic carbocycles. The van der Waals surface area contributed by atoms with Crippen LogP contribution in [0.3, 0.4) is 0 Å². The van der Waals surface area contributed by atoms with Crippen molar-refractivity contribution in [2.45, 2.75) is 52.7 Å². The van der Waals surface area contributed by atoms with E-state index in [2.05, 4.69) is 0 Å². The number of nitrogens with two attached hydrogens (primary N) is 1. The van der Waals surface area contributed by atoms with Crippen LogP contribution in [0.25, 0.3) is 0 Å². The number of carbonyl (C=O) groups excluding carboxylic acids is 2. The Morgan fingerprint density at radius 1 is 1.12 bits per heavy atom. The number of rotatable bonds is 6. The number of aliphatic carboxylic acids is 1. The van der Waals surface area contributed by atoms with Crippen molar-refractivity contribution in [3.8, 4) is 0 Å². The molecule has 25 heavy (non-hydrogen) atoms. The molecule has 0 spiro atoms. The first-order valence-electron chi connectivity index (χ1n) is 7.95. The van der Waals surface area contributed by atoms with Crippen molar-refractivity contribution in [1.82, 2.24) is 5.01 Å². The summed E-state index contributed by atoms with van der Waals surface area (Å²) in [7, 11) is 0. The fourth-order valence-corrected chi connectivity index (χ4v) is 2.10. The summed E-state index contributed by atoms with van der Waals surface area (Å²) >= 11 is 0. The Morgan fingerprint density at radius 2 is 1.64 bits per heavy atom. The summed E-state index contributed by atoms with van der Waals surface area (Å²) < 4.78 is 5.24. The maximum atomic E-state index is 12.7. The lowest BCUT2D eigenvalue weighted by molar-refractivity contribution is -0.174. The quantitative estimate of drug-likeness (QED) is 0.266. The van der Waals surface area contributed by atoms with E-state index in [9.17, 15) is 19.5 Å². The molecule has 0 aliphatic heterocycles. The highest BCUT2D eigenvalue weighted by atomic mass is 16.6. The topological polar surface area (TPSA) is 110 Å². The van der Waals surface area contributed by atoms with Crippen molar-refractivity contribution >= 4 is 17.8 Å². The Bertz CT molecular complexity index is 635. The Balaban J connectivity index is 2.99. The molecule has 1 aromatic rings. The average Bonchev–Trinajstić information content (AvgIpc) is 2.50. The van der Waals surface area contributed by atoms with Gasteiger partial charge < -0.3 is 9.84 Å². The molecule has 0 saturated heterocycles. The first-order chi connectivity index (χ1) is 11.4. The van der Waals surface area contributed by atoms with E-state index >= 15 is 0 Å². The third-order valence-electron chi connectivity index (χ3n) is 3.57. The maximum Gasteiger partial charge on any atom is 0.328 e. The van der Waals surface area contributed by atoms with Crippen LogP contribution in [-0.2, 0) is 25.5 Å². The molecule has 1 unspecified atom stereocenters. The van der Waals surface area contributed by atoms with Crippen LogP contribution in [0.2, 0.25) is 0 Å². The Labute approximate surface area is 147 Å². The van der Waals surface area contributed by atoms with Gasteiger partial charge in [0.2, 0.25) is 0 Å². The van der Waals surface area contributed by atoms with Gasteiger partial charge in [0, 0.05) is 6.42 Å². The van der Waals surface area contributed by atoms with Crippen LogP contribution in [0.4, 0.5) is 0 Å². The van der Waals surface area contributed by atoms with Crippen molar-refractivity contribution < 1.29 is 24.2 Å². The number of ether oxygens (including phenoxy) is 1. The van der Waals surface area contributed by atoms with Gasteiger partial charge in [-0.15, -0.1) is 0 Å². The van der Waals surface area contributed by atoms with E-state index in [1.807, 2.05) is 0 Å². The van der Waals surface area contributed by atoms with E-state index in [-0.39, 0.29) is 6.42 Å². The van der Waals surface area contributed by atoms with Gasteiger partial charge in [-0.05, 0) is 40.2 Å². The Morgan fingerprint density at radius 3 is 2.08 bits per heavy atom. The standard InChI is InChI=1S/C18H26N2O5/c1-17(2,3)25-16(24)18(4,5)15(23)20(19)13(14(21)22)11-12-9-7-6-8-10-12/h6-10,13H,11,19H2,1-5H3,(H,21,22). The van der Waals surface area contributed by atoms with Crippen LogP contribution in [0.1, 0.15) is 40.2 Å². The van der Waals surface area contributed by atoms with E-state index in [0.29, 0.717) is 10.6 Å². The summed E-state index contributed by atoms with van der Waals surface area (Å²) in [6.07, 6.45) is 0.0306. The molecule has 1 atom stereocenters. The van der Waals surface area contributed by atoms with E-state index in [4.69, 9.17) is 10.6 Å². The van der Waals surface area contributed by atoms with Crippen LogP contribution in [0.5, 0.6) is 0 Å². The third-order valence-corrected chi connectivity index (χ3v) is 3.57. The number of hydrazine groups is 1. The minimum Gasteiger partial charge on any atom is -0.480 e. The largest absolute Gasteiger partial charge is 0.480 e. The number of carboxylic acid groups (broad SMARTS) is 1. The number of benzene rings is 1. The summed E-state index contributed by atoms with van der Waals surface area (Å²) in [6.45, 7) is 7.78. The predicted octanol–water partition coefficient (Wildman–Crippen LogP) is 1.75. The second kappa shape index (κ2) is 7.65. The minimum atomic E-state index is -1.60. The fourth-order valence-electron chi connectivity index (χ4n) is 2.10. The Hall–Kier alpha value is -2.41. The molecule has 1 amide bonds. The lowest BCUT2D eigenvalue weighted by atomic mass is 9.90. The maximum absolute atomic E-state index is 12.7. The second-order valence-electron chi connectivity index (χ2n) is 7.38. The van der Waals surface area contributed by atoms with Crippen LogP contribution in [0, 0.1) is 5.41 Å². The summed E-state index contributed by atoms with van der Waals surface area (Å²) in [4.78, 5) is 36.6. The van der Waals surface area contributed by atoms with Gasteiger partial charge in [-0.1, -0.05) is 30.3 Å². The molecule has 7 heteroatoms. The molecule has 7 nitrogen and oxygen atoms in total. The third kappa shape index (κ3) is 5.56. The molecule has 138 valence electrons. The minimum absolute atomic E-state index is 0.0306. The molecule has 1 rings (SSSR count). The van der Waals surface area contributed by atoms with Crippen molar-refractivity contribution in [3.63, 3.8) is 0 Å². The number of carbonyl (C=O) groups is 3. The highest BCUT2D eigenvalue weighted by Gasteiger charge is 2.44. The van der Waals surface area contributed by atoms with Crippen LogP contribution in [0.15, 0.2) is 30.3 Å². The average molecular weight is 350 g/mol. The molecule has 0 saturated carbocycles. The van der Waals surface area contributed by atoms with Gasteiger partial charge in [0.25, 0.3) is 5.91 Å². The number of amides is 1. The van der Waals surface area contributed by atoms with Crippen molar-refractivity contribution in [3.05, 3.63) is 35.9 Å². The lowest BCUT2D eigenvalue weighted by Crippen LogP contribution is -2.57. The van der Waals surface area contributed by atoms with Crippen molar-refractivity contribution in [1.29, 1.82) is 0 Å². The molecular weight excluding hydrogens is 324 g/mol.